The second-order valence-corrected chi connectivity index (χ2v) is 7.61. The molecule has 0 aliphatic rings. The van der Waals surface area contributed by atoms with Crippen molar-refractivity contribution >= 4 is 34.5 Å². The maximum Gasteiger partial charge on any atom is 0.228 e. The molecule has 5 nitrogen and oxygen atoms in total. The SMILES string of the molecule is CC(=O)NCc1ccc(-c2nc(CC(=O)N(C)C)sc2C)s1. The van der Waals surface area contributed by atoms with Gasteiger partial charge in [-0.3, -0.25) is 9.59 Å². The van der Waals surface area contributed by atoms with Crippen LogP contribution in [0.4, 0.5) is 0 Å². The number of hydrogen-bond donors (Lipinski definition) is 1. The van der Waals surface area contributed by atoms with Gasteiger partial charge in [-0.25, -0.2) is 4.98 Å². The Balaban J connectivity index is 2.14. The molecule has 0 saturated carbocycles. The third-order valence-corrected chi connectivity index (χ3v) is 5.11. The molecule has 0 saturated heterocycles. The lowest BCUT2D eigenvalue weighted by Gasteiger charge is -2.07. The monoisotopic (exact) mass is 337 g/mol. The van der Waals surface area contributed by atoms with Gasteiger partial charge < -0.3 is 10.2 Å². The van der Waals surface area contributed by atoms with Gasteiger partial charge in [0.25, 0.3) is 0 Å². The number of thiophene rings is 1. The average Bonchev–Trinajstić information content (AvgIpc) is 3.02. The molecule has 0 spiro atoms. The minimum absolute atomic E-state index is 0.0377. The first-order valence-electron chi connectivity index (χ1n) is 6.86. The van der Waals surface area contributed by atoms with Crippen LogP contribution in [0.1, 0.15) is 21.7 Å². The normalized spacial score (nSPS) is 10.5. The van der Waals surface area contributed by atoms with Crippen LogP contribution < -0.4 is 5.32 Å². The predicted octanol–water partition coefficient (Wildman–Crippen LogP) is 2.45. The number of hydrogen-bond acceptors (Lipinski definition) is 5. The Morgan fingerprint density at radius 1 is 1.27 bits per heavy atom. The Morgan fingerprint density at radius 3 is 2.64 bits per heavy atom. The number of thiazole rings is 1. The Morgan fingerprint density at radius 2 is 2.00 bits per heavy atom. The van der Waals surface area contributed by atoms with Gasteiger partial charge in [0.2, 0.25) is 11.8 Å². The van der Waals surface area contributed by atoms with Crippen LogP contribution in [-0.4, -0.2) is 35.8 Å². The summed E-state index contributed by atoms with van der Waals surface area (Å²) in [6.45, 7) is 4.06. The molecule has 7 heteroatoms. The molecule has 0 bridgehead atoms. The zero-order valence-electron chi connectivity index (χ0n) is 13.1. The third kappa shape index (κ3) is 4.14. The van der Waals surface area contributed by atoms with E-state index in [2.05, 4.69) is 10.3 Å². The van der Waals surface area contributed by atoms with Gasteiger partial charge in [-0.2, -0.15) is 0 Å². The number of rotatable bonds is 5. The number of amides is 2. The molecular weight excluding hydrogens is 318 g/mol. The van der Waals surface area contributed by atoms with Gasteiger partial charge in [0, 0.05) is 30.8 Å². The molecule has 0 radical (unpaired) electrons. The summed E-state index contributed by atoms with van der Waals surface area (Å²) in [4.78, 5) is 32.2. The molecule has 1 N–H and O–H groups in total. The fourth-order valence-electron chi connectivity index (χ4n) is 1.85. The van der Waals surface area contributed by atoms with E-state index in [9.17, 15) is 9.59 Å². The topological polar surface area (TPSA) is 62.3 Å². The molecule has 0 fully saturated rings. The lowest BCUT2D eigenvalue weighted by molar-refractivity contribution is -0.128. The highest BCUT2D eigenvalue weighted by atomic mass is 32.1. The Labute approximate surface area is 138 Å². The number of likely N-dealkylation sites (N-methyl/N-ethyl adjacent to an activating group) is 1. The maximum absolute atomic E-state index is 11.8. The molecule has 118 valence electrons. The lowest BCUT2D eigenvalue weighted by Crippen LogP contribution is -2.23. The van der Waals surface area contributed by atoms with Gasteiger partial charge in [0.05, 0.1) is 23.5 Å². The highest BCUT2D eigenvalue weighted by Crippen LogP contribution is 2.33. The molecule has 2 rings (SSSR count). The van der Waals surface area contributed by atoms with Crippen LogP contribution >= 0.6 is 22.7 Å². The zero-order valence-corrected chi connectivity index (χ0v) is 14.7. The van der Waals surface area contributed by atoms with Gasteiger partial charge >= 0.3 is 0 Å². The van der Waals surface area contributed by atoms with E-state index >= 15 is 0 Å². The van der Waals surface area contributed by atoms with Crippen LogP contribution in [0.15, 0.2) is 12.1 Å². The van der Waals surface area contributed by atoms with Crippen molar-refractivity contribution in [2.75, 3.05) is 14.1 Å². The molecule has 0 aliphatic carbocycles. The van der Waals surface area contributed by atoms with Crippen LogP contribution in [0, 0.1) is 6.92 Å². The second-order valence-electron chi connectivity index (χ2n) is 5.15. The van der Waals surface area contributed by atoms with Crippen molar-refractivity contribution in [1.29, 1.82) is 0 Å². The number of carbonyl (C=O) groups is 2. The molecule has 2 aromatic heterocycles. The van der Waals surface area contributed by atoms with E-state index in [-0.39, 0.29) is 11.8 Å². The summed E-state index contributed by atoms with van der Waals surface area (Å²) in [6, 6.07) is 4.01. The van der Waals surface area contributed by atoms with E-state index in [1.54, 1.807) is 41.7 Å². The predicted molar refractivity (Wildman–Crippen MR) is 90.1 cm³/mol. The Hall–Kier alpha value is -1.73. The van der Waals surface area contributed by atoms with Crippen LogP contribution in [0.25, 0.3) is 10.6 Å². The molecule has 2 heterocycles. The number of nitrogens with one attached hydrogen (secondary N) is 1. The highest BCUT2D eigenvalue weighted by molar-refractivity contribution is 7.16. The van der Waals surface area contributed by atoms with Gasteiger partial charge in [-0.15, -0.1) is 22.7 Å². The number of aryl methyl sites for hydroxylation is 1. The summed E-state index contributed by atoms with van der Waals surface area (Å²) in [7, 11) is 3.49. The van der Waals surface area contributed by atoms with Crippen molar-refractivity contribution in [3.05, 3.63) is 26.9 Å². The number of nitrogens with zero attached hydrogens (tertiary/aromatic N) is 2. The molecule has 22 heavy (non-hydrogen) atoms. The molecule has 0 aliphatic heterocycles. The quantitative estimate of drug-likeness (QED) is 0.911. The molecular formula is C15H19N3O2S2. The first-order chi connectivity index (χ1) is 10.4. The van der Waals surface area contributed by atoms with E-state index in [1.807, 2.05) is 19.1 Å². The second kappa shape index (κ2) is 7.02. The highest BCUT2D eigenvalue weighted by Gasteiger charge is 2.15. The standard InChI is InChI=1S/C15H19N3O2S2/c1-9-15(17-13(21-9)7-14(20)18(3)4)12-6-5-11(22-12)8-16-10(2)19/h5-6H,7-8H2,1-4H3,(H,16,19). The molecule has 0 atom stereocenters. The molecule has 2 amide bonds. The van der Waals surface area contributed by atoms with E-state index in [1.165, 1.54) is 6.92 Å². The summed E-state index contributed by atoms with van der Waals surface area (Å²) in [5, 5.41) is 3.62. The minimum Gasteiger partial charge on any atom is -0.351 e. The van der Waals surface area contributed by atoms with Crippen LogP contribution in [0.3, 0.4) is 0 Å². The van der Waals surface area contributed by atoms with Crippen molar-refractivity contribution in [1.82, 2.24) is 15.2 Å². The molecule has 2 aromatic rings. The molecule has 0 aromatic carbocycles. The fraction of sp³-hybridized carbons (Fsp3) is 0.400. The van der Waals surface area contributed by atoms with Crippen molar-refractivity contribution < 1.29 is 9.59 Å². The van der Waals surface area contributed by atoms with E-state index in [0.717, 1.165) is 25.3 Å². The maximum atomic E-state index is 11.8. The largest absolute Gasteiger partial charge is 0.351 e. The third-order valence-electron chi connectivity index (χ3n) is 3.05. The van der Waals surface area contributed by atoms with Crippen molar-refractivity contribution in [2.45, 2.75) is 26.8 Å². The number of aromatic nitrogens is 1. The van der Waals surface area contributed by atoms with Gasteiger partial charge in [0.1, 0.15) is 5.01 Å². The lowest BCUT2D eigenvalue weighted by atomic mass is 10.3. The Kier molecular flexibility index (Phi) is 5.31. The van der Waals surface area contributed by atoms with Gasteiger partial charge in [0.15, 0.2) is 0 Å². The fourth-order valence-corrected chi connectivity index (χ4v) is 3.85. The van der Waals surface area contributed by atoms with E-state index in [0.29, 0.717) is 13.0 Å². The van der Waals surface area contributed by atoms with Gasteiger partial charge in [-0.05, 0) is 19.1 Å². The van der Waals surface area contributed by atoms with Crippen LogP contribution in [0.5, 0.6) is 0 Å². The van der Waals surface area contributed by atoms with Crippen LogP contribution in [0.2, 0.25) is 0 Å². The van der Waals surface area contributed by atoms with Crippen LogP contribution in [-0.2, 0) is 22.6 Å². The van der Waals surface area contributed by atoms with Crippen molar-refractivity contribution in [3.8, 4) is 10.6 Å². The first kappa shape index (κ1) is 16.6. The smallest absolute Gasteiger partial charge is 0.228 e. The summed E-state index contributed by atoms with van der Waals surface area (Å²) >= 11 is 3.18. The summed E-state index contributed by atoms with van der Waals surface area (Å²) < 4.78 is 0. The Bertz CT molecular complexity index is 689. The minimum atomic E-state index is -0.0377. The van der Waals surface area contributed by atoms with Gasteiger partial charge in [-0.1, -0.05) is 0 Å². The zero-order chi connectivity index (χ0) is 16.3. The summed E-state index contributed by atoms with van der Waals surface area (Å²) in [5.74, 6) is 0.0158. The van der Waals surface area contributed by atoms with E-state index in [4.69, 9.17) is 0 Å². The summed E-state index contributed by atoms with van der Waals surface area (Å²) in [5.41, 5.74) is 0.936. The van der Waals surface area contributed by atoms with Crippen molar-refractivity contribution in [2.24, 2.45) is 0 Å². The molecule has 0 unspecified atom stereocenters. The summed E-state index contributed by atoms with van der Waals surface area (Å²) in [6.07, 6.45) is 0.336. The first-order valence-corrected chi connectivity index (χ1v) is 8.50. The van der Waals surface area contributed by atoms with Crippen molar-refractivity contribution in [3.63, 3.8) is 0 Å². The average molecular weight is 337 g/mol. The number of carbonyl (C=O) groups excluding carboxylic acids is 2. The van der Waals surface area contributed by atoms with E-state index < -0.39 is 0 Å².